The van der Waals surface area contributed by atoms with Crippen LogP contribution in [0.5, 0.6) is 0 Å². The average molecular weight is 560 g/mol. The van der Waals surface area contributed by atoms with Crippen LogP contribution in [0.4, 0.5) is 0 Å². The second kappa shape index (κ2) is 9.63. The zero-order valence-corrected chi connectivity index (χ0v) is 23.5. The maximum atomic E-state index is 12.5. The normalized spacial score (nSPS) is 11.6. The summed E-state index contributed by atoms with van der Waals surface area (Å²) < 4.78 is 9.67. The highest BCUT2D eigenvalue weighted by Crippen LogP contribution is 2.36. The van der Waals surface area contributed by atoms with E-state index in [1.54, 1.807) is 23.2 Å². The molecular formula is C36H25N5O2. The molecule has 3 aromatic heterocycles. The maximum absolute atomic E-state index is 12.5. The van der Waals surface area contributed by atoms with Crippen molar-refractivity contribution in [3.8, 4) is 45.3 Å². The van der Waals surface area contributed by atoms with E-state index in [-0.39, 0.29) is 5.69 Å². The van der Waals surface area contributed by atoms with Gasteiger partial charge in [0.05, 0.1) is 16.6 Å². The zero-order chi connectivity index (χ0) is 29.1. The maximum Gasteiger partial charge on any atom is 0.328 e. The van der Waals surface area contributed by atoms with Crippen molar-refractivity contribution in [1.29, 1.82) is 0 Å². The Kier molecular flexibility index (Phi) is 5.59. The highest BCUT2D eigenvalue weighted by atomic mass is 16.3. The van der Waals surface area contributed by atoms with Crippen LogP contribution in [0.25, 0.3) is 78.3 Å². The van der Waals surface area contributed by atoms with Gasteiger partial charge in [-0.25, -0.2) is 19.7 Å². The lowest BCUT2D eigenvalue weighted by Crippen LogP contribution is -2.19. The van der Waals surface area contributed by atoms with Crippen LogP contribution in [-0.4, -0.2) is 24.1 Å². The Balaban J connectivity index is 1.31. The molecule has 8 rings (SSSR count). The number of aromatic nitrogens is 5. The molecule has 0 fully saturated rings. The topological polar surface area (TPSA) is 78.7 Å². The molecule has 7 nitrogen and oxygen atoms in total. The first-order valence-electron chi connectivity index (χ1n) is 14.0. The van der Waals surface area contributed by atoms with Crippen molar-refractivity contribution in [3.63, 3.8) is 0 Å². The summed E-state index contributed by atoms with van der Waals surface area (Å²) in [6.45, 7) is 0. The summed E-state index contributed by atoms with van der Waals surface area (Å²) in [5, 5.41) is 2.07. The molecule has 206 valence electrons. The van der Waals surface area contributed by atoms with Crippen LogP contribution in [0.2, 0.25) is 0 Å². The van der Waals surface area contributed by atoms with E-state index in [9.17, 15) is 4.79 Å². The Morgan fingerprint density at radius 1 is 0.535 bits per heavy atom. The highest BCUT2D eigenvalue weighted by Gasteiger charge is 2.18. The van der Waals surface area contributed by atoms with E-state index >= 15 is 0 Å². The summed E-state index contributed by atoms with van der Waals surface area (Å²) in [5.41, 5.74) is 7.85. The molecule has 0 bridgehead atoms. The molecular weight excluding hydrogens is 534 g/mol. The van der Waals surface area contributed by atoms with Crippen molar-refractivity contribution in [2.24, 2.45) is 14.1 Å². The lowest BCUT2D eigenvalue weighted by Gasteiger charge is -2.10. The molecule has 0 radical (unpaired) electrons. The summed E-state index contributed by atoms with van der Waals surface area (Å²) in [5.74, 6) is 1.69. The SMILES string of the molecule is Cn1c(=O)n(C)c2cc(-c3cccc(-c4nc(-c5ccccc5)nc(-c5cccc6c5oc5ccccc56)n4)c3)ccc21. The number of rotatable bonds is 4. The van der Waals surface area contributed by atoms with E-state index in [1.165, 1.54) is 0 Å². The Bertz CT molecular complexity index is 2400. The third-order valence-corrected chi connectivity index (χ3v) is 8.04. The molecule has 7 heteroatoms. The molecule has 0 spiro atoms. The van der Waals surface area contributed by atoms with Gasteiger partial charge >= 0.3 is 5.69 Å². The minimum absolute atomic E-state index is 0.0495. The molecule has 0 amide bonds. The molecule has 3 heterocycles. The van der Waals surface area contributed by atoms with Crippen LogP contribution in [0, 0.1) is 0 Å². The first-order chi connectivity index (χ1) is 21.0. The third kappa shape index (κ3) is 4.05. The third-order valence-electron chi connectivity index (χ3n) is 8.04. The van der Waals surface area contributed by atoms with E-state index in [2.05, 4.69) is 24.3 Å². The standard InChI is InChI=1S/C36H25N5O2/c1-40-29-19-18-24(21-30(29)41(2)36(40)42)23-12-8-13-25(20-23)34-37-33(22-10-4-3-5-11-22)38-35(39-34)28-16-9-15-27-26-14-6-7-17-31(26)43-32(27)28/h3-21H,1-2H3. The summed E-state index contributed by atoms with van der Waals surface area (Å²) in [4.78, 5) is 27.4. The fraction of sp³-hybridized carbons (Fsp3) is 0.0556. The Labute approximate surface area is 246 Å². The van der Waals surface area contributed by atoms with E-state index in [0.717, 1.165) is 60.8 Å². The Morgan fingerprint density at radius 3 is 2.02 bits per heavy atom. The lowest BCUT2D eigenvalue weighted by atomic mass is 10.0. The van der Waals surface area contributed by atoms with Crippen LogP contribution in [0.1, 0.15) is 0 Å². The second-order valence-electron chi connectivity index (χ2n) is 10.6. The Hall–Kier alpha value is -5.82. The molecule has 0 saturated heterocycles. The van der Waals surface area contributed by atoms with Crippen molar-refractivity contribution < 1.29 is 4.42 Å². The van der Waals surface area contributed by atoms with Gasteiger partial charge < -0.3 is 4.42 Å². The monoisotopic (exact) mass is 559 g/mol. The second-order valence-corrected chi connectivity index (χ2v) is 10.6. The predicted octanol–water partition coefficient (Wildman–Crippen LogP) is 7.63. The van der Waals surface area contributed by atoms with Crippen molar-refractivity contribution in [1.82, 2.24) is 24.1 Å². The molecule has 0 N–H and O–H groups in total. The number of imidazole rings is 1. The number of furan rings is 1. The molecule has 0 unspecified atom stereocenters. The largest absolute Gasteiger partial charge is 0.455 e. The van der Waals surface area contributed by atoms with Gasteiger partial charge in [-0.1, -0.05) is 84.9 Å². The summed E-state index contributed by atoms with van der Waals surface area (Å²) >= 11 is 0. The highest BCUT2D eigenvalue weighted by molar-refractivity contribution is 6.09. The number of para-hydroxylation sites is 2. The molecule has 5 aromatic carbocycles. The van der Waals surface area contributed by atoms with Crippen LogP contribution in [0.3, 0.4) is 0 Å². The quantitative estimate of drug-likeness (QED) is 0.222. The Morgan fingerprint density at radius 2 is 1.16 bits per heavy atom. The first-order valence-corrected chi connectivity index (χ1v) is 14.0. The van der Waals surface area contributed by atoms with Gasteiger partial charge in [0.2, 0.25) is 0 Å². The molecule has 0 aliphatic heterocycles. The van der Waals surface area contributed by atoms with E-state index in [0.29, 0.717) is 17.5 Å². The van der Waals surface area contributed by atoms with Crippen LogP contribution in [0.15, 0.2) is 124 Å². The first kappa shape index (κ1) is 24.9. The molecule has 0 saturated carbocycles. The fourth-order valence-corrected chi connectivity index (χ4v) is 5.79. The smallest absolute Gasteiger partial charge is 0.328 e. The zero-order valence-electron chi connectivity index (χ0n) is 23.5. The van der Waals surface area contributed by atoms with E-state index < -0.39 is 0 Å². The number of benzene rings is 5. The molecule has 8 aromatic rings. The van der Waals surface area contributed by atoms with Gasteiger partial charge in [-0.2, -0.15) is 0 Å². The van der Waals surface area contributed by atoms with E-state index in [4.69, 9.17) is 19.4 Å². The lowest BCUT2D eigenvalue weighted by molar-refractivity contribution is 0.669. The molecule has 43 heavy (non-hydrogen) atoms. The number of aryl methyl sites for hydroxylation is 2. The fourth-order valence-electron chi connectivity index (χ4n) is 5.79. The van der Waals surface area contributed by atoms with Crippen molar-refractivity contribution in [2.75, 3.05) is 0 Å². The van der Waals surface area contributed by atoms with Crippen molar-refractivity contribution >= 4 is 33.0 Å². The van der Waals surface area contributed by atoms with E-state index in [1.807, 2.05) is 91.0 Å². The van der Waals surface area contributed by atoms with Gasteiger partial charge in [0.25, 0.3) is 0 Å². The van der Waals surface area contributed by atoms with Crippen LogP contribution < -0.4 is 5.69 Å². The van der Waals surface area contributed by atoms with Crippen molar-refractivity contribution in [2.45, 2.75) is 0 Å². The number of hydrogen-bond donors (Lipinski definition) is 0. The average Bonchev–Trinajstić information content (AvgIpc) is 3.55. The number of fused-ring (bicyclic) bond motifs is 4. The van der Waals surface area contributed by atoms with Crippen LogP contribution >= 0.6 is 0 Å². The van der Waals surface area contributed by atoms with Crippen molar-refractivity contribution in [3.05, 3.63) is 126 Å². The molecule has 0 atom stereocenters. The van der Waals surface area contributed by atoms with Gasteiger partial charge in [0.1, 0.15) is 11.2 Å². The summed E-state index contributed by atoms with van der Waals surface area (Å²) in [6, 6.07) is 38.3. The minimum atomic E-state index is -0.0495. The summed E-state index contributed by atoms with van der Waals surface area (Å²) in [6.07, 6.45) is 0. The number of hydrogen-bond acceptors (Lipinski definition) is 5. The van der Waals surface area contributed by atoms with Gasteiger partial charge in [-0.15, -0.1) is 0 Å². The molecule has 0 aliphatic carbocycles. The minimum Gasteiger partial charge on any atom is -0.455 e. The van der Waals surface area contributed by atoms with Gasteiger partial charge in [0, 0.05) is 36.0 Å². The predicted molar refractivity (Wildman–Crippen MR) is 171 cm³/mol. The summed E-state index contributed by atoms with van der Waals surface area (Å²) in [7, 11) is 3.59. The van der Waals surface area contributed by atoms with Gasteiger partial charge in [0.15, 0.2) is 17.5 Å². The molecule has 0 aliphatic rings. The number of nitrogens with zero attached hydrogens (tertiary/aromatic N) is 5. The van der Waals surface area contributed by atoms with Gasteiger partial charge in [-0.3, -0.25) is 9.13 Å². The van der Waals surface area contributed by atoms with Crippen LogP contribution in [-0.2, 0) is 14.1 Å². The van der Waals surface area contributed by atoms with Gasteiger partial charge in [-0.05, 0) is 41.5 Å².